The third-order valence-corrected chi connectivity index (χ3v) is 10.7. The first kappa shape index (κ1) is 44.4. The molecule has 18 nitrogen and oxygen atoms in total. The largest absolute Gasteiger partial charge is 0.445 e. The Hall–Kier alpha value is -9.19. The van der Waals surface area contributed by atoms with Crippen molar-refractivity contribution in [1.29, 1.82) is 0 Å². The van der Waals surface area contributed by atoms with Crippen LogP contribution < -0.4 is 32.3 Å². The van der Waals surface area contributed by atoms with Crippen LogP contribution in [0.2, 0.25) is 0 Å². The maximum atomic E-state index is 13.1. The van der Waals surface area contributed by atoms with Gasteiger partial charge < -0.3 is 46.1 Å². The van der Waals surface area contributed by atoms with Gasteiger partial charge in [-0.1, -0.05) is 84.9 Å². The number of nitrogens with one attached hydrogen (secondary N) is 8. The summed E-state index contributed by atoms with van der Waals surface area (Å²) >= 11 is 0. The van der Waals surface area contributed by atoms with Crippen molar-refractivity contribution in [3.8, 4) is 0 Å². The Morgan fingerprint density at radius 3 is 1.48 bits per heavy atom. The summed E-state index contributed by atoms with van der Waals surface area (Å²) in [5.41, 5.74) is 9.56. The van der Waals surface area contributed by atoms with Gasteiger partial charge >= 0.3 is 0 Å². The Balaban J connectivity index is 0.000000186. The molecule has 67 heavy (non-hydrogen) atoms. The van der Waals surface area contributed by atoms with Crippen LogP contribution in [0.5, 0.6) is 0 Å². The molecule has 0 fully saturated rings. The first-order chi connectivity index (χ1) is 32.2. The Labute approximate surface area is 382 Å². The number of amides is 5. The zero-order valence-corrected chi connectivity index (χ0v) is 36.6. The molecule has 0 saturated carbocycles. The molecule has 0 aliphatic heterocycles. The van der Waals surface area contributed by atoms with Crippen LogP contribution in [0.25, 0.3) is 22.2 Å². The highest BCUT2D eigenvalue weighted by Crippen LogP contribution is 2.29. The molecule has 338 valence electrons. The summed E-state index contributed by atoms with van der Waals surface area (Å²) in [5.74, 6) is -1.62. The molecule has 0 unspecified atom stereocenters. The van der Waals surface area contributed by atoms with Crippen molar-refractivity contribution in [1.82, 2.24) is 36.0 Å². The van der Waals surface area contributed by atoms with Gasteiger partial charge in [-0.25, -0.2) is 0 Å². The average Bonchev–Trinajstić information content (AvgIpc) is 4.18. The lowest BCUT2D eigenvalue weighted by molar-refractivity contribution is 0.0877. The molecule has 10 N–H and O–H groups in total. The van der Waals surface area contributed by atoms with Gasteiger partial charge in [0.15, 0.2) is 34.3 Å². The summed E-state index contributed by atoms with van der Waals surface area (Å²) in [6.45, 7) is 7.61. The highest BCUT2D eigenvalue weighted by atomic mass is 16.4. The zero-order chi connectivity index (χ0) is 47.3. The fourth-order valence-electron chi connectivity index (χ4n) is 7.08. The predicted octanol–water partition coefficient (Wildman–Crippen LogP) is 8.31. The van der Waals surface area contributed by atoms with E-state index in [-0.39, 0.29) is 51.7 Å². The number of nitrogens with two attached hydrogens (primary N) is 1. The predicted molar refractivity (Wildman–Crippen MR) is 253 cm³/mol. The lowest BCUT2D eigenvalue weighted by Gasteiger charge is -2.26. The molecular weight excluding hydrogens is 855 g/mol. The number of para-hydroxylation sites is 2. The second-order valence-corrected chi connectivity index (χ2v) is 16.3. The fraction of sp³-hybridized carbons (Fsp3) is 0.122. The summed E-state index contributed by atoms with van der Waals surface area (Å²) in [4.78, 5) is 66.5. The molecule has 0 radical (unpaired) electrons. The molecule has 5 heterocycles. The highest BCUT2D eigenvalue weighted by Gasteiger charge is 2.28. The number of nitrogens with zero attached hydrogens (tertiary/aromatic N) is 2. The van der Waals surface area contributed by atoms with E-state index in [0.717, 1.165) is 11.1 Å². The van der Waals surface area contributed by atoms with Crippen molar-refractivity contribution in [2.45, 2.75) is 38.8 Å². The number of hydrogen-bond acceptors (Lipinski definition) is 10. The van der Waals surface area contributed by atoms with E-state index in [9.17, 15) is 24.0 Å². The molecule has 9 rings (SSSR count). The fourth-order valence-corrected chi connectivity index (χ4v) is 7.08. The van der Waals surface area contributed by atoms with E-state index in [1.807, 2.05) is 88.4 Å². The van der Waals surface area contributed by atoms with Gasteiger partial charge in [-0.05, 0) is 75.2 Å². The van der Waals surface area contributed by atoms with Gasteiger partial charge in [0, 0.05) is 24.0 Å². The van der Waals surface area contributed by atoms with E-state index in [1.54, 1.807) is 72.9 Å². The summed E-state index contributed by atoms with van der Waals surface area (Å²) in [5, 5.41) is 27.7. The van der Waals surface area contributed by atoms with Gasteiger partial charge in [0.25, 0.3) is 29.5 Å². The number of aromatic amines is 3. The number of carbonyl (C=O) groups excluding carboxylic acids is 5. The number of furan rings is 2. The van der Waals surface area contributed by atoms with E-state index in [4.69, 9.17) is 14.6 Å². The lowest BCUT2D eigenvalue weighted by Crippen LogP contribution is -2.40. The molecule has 0 aliphatic rings. The number of hydrogen-bond donors (Lipinski definition) is 9. The number of nitrogen functional groups attached to an aromatic ring is 1. The first-order valence-electron chi connectivity index (χ1n) is 20.9. The summed E-state index contributed by atoms with van der Waals surface area (Å²) < 4.78 is 11.5. The lowest BCUT2D eigenvalue weighted by atomic mass is 9.94. The van der Waals surface area contributed by atoms with E-state index < -0.39 is 28.8 Å². The Morgan fingerprint density at radius 1 is 0.522 bits per heavy atom. The minimum atomic E-state index is -0.636. The first-order valence-corrected chi connectivity index (χ1v) is 20.9. The SMILES string of the molecule is CC(C)(NC(=O)c1cc2[nH]nc(NC(=O)c3ccccc3N)c2o1)c1ccccc1.CC(C)(NC(=O)c1cc2[nH]nc(NC(=O)c3ccccc3NC(=O)c3ccc[nH]3)c2o1)c1ccccc1. The van der Waals surface area contributed by atoms with Crippen LogP contribution in [-0.4, -0.2) is 54.9 Å². The van der Waals surface area contributed by atoms with Crippen molar-refractivity contribution < 1.29 is 32.8 Å². The normalized spacial score (nSPS) is 11.3. The molecule has 5 aromatic heterocycles. The van der Waals surface area contributed by atoms with Gasteiger partial charge in [0.1, 0.15) is 16.7 Å². The van der Waals surface area contributed by atoms with Gasteiger partial charge in [-0.3, -0.25) is 34.2 Å². The molecule has 4 aromatic carbocycles. The van der Waals surface area contributed by atoms with Gasteiger partial charge in [0.05, 0.1) is 27.9 Å². The number of carbonyl (C=O) groups is 5. The zero-order valence-electron chi connectivity index (χ0n) is 36.6. The Bertz CT molecular complexity index is 3240. The summed E-state index contributed by atoms with van der Waals surface area (Å²) in [7, 11) is 0. The van der Waals surface area contributed by atoms with Gasteiger partial charge in [-0.2, -0.15) is 10.2 Å². The van der Waals surface area contributed by atoms with Crippen LogP contribution in [0.15, 0.2) is 148 Å². The van der Waals surface area contributed by atoms with Crippen LogP contribution in [0.4, 0.5) is 23.0 Å². The molecule has 9 aromatic rings. The standard InChI is InChI=1S/C27H24N6O4.C22H21N5O3/c1-27(2,16-9-4-3-5-10-16)31-26(36)21-15-20-22(37-21)23(33-32-20)30-24(34)17-11-6-7-12-18(17)29-25(35)19-13-8-14-28-19;1-22(2,13-8-4-3-5-9-13)25-21(29)17-12-16-18(30-17)19(27-26-16)24-20(28)14-10-6-7-11-15(14)23/h3-15,28H,1-2H3,(H,29,35)(H,31,36)(H2,30,32,33,34);3-12H,23H2,1-2H3,(H,25,29)(H2,24,26,27,28). The molecule has 0 aliphatic carbocycles. The summed E-state index contributed by atoms with van der Waals surface area (Å²) in [6.07, 6.45) is 1.64. The smallest absolute Gasteiger partial charge is 0.287 e. The maximum absolute atomic E-state index is 13.1. The Morgan fingerprint density at radius 2 is 0.985 bits per heavy atom. The number of aromatic nitrogens is 5. The molecule has 0 atom stereocenters. The van der Waals surface area contributed by atoms with Crippen LogP contribution in [0.3, 0.4) is 0 Å². The average molecular weight is 900 g/mol. The quantitative estimate of drug-likeness (QED) is 0.0529. The number of benzene rings is 4. The van der Waals surface area contributed by atoms with Gasteiger partial charge in [0.2, 0.25) is 0 Å². The molecule has 0 spiro atoms. The number of fused-ring (bicyclic) bond motifs is 2. The van der Waals surface area contributed by atoms with E-state index >= 15 is 0 Å². The van der Waals surface area contributed by atoms with Crippen molar-refractivity contribution in [2.24, 2.45) is 0 Å². The van der Waals surface area contributed by atoms with E-state index in [2.05, 4.69) is 52.0 Å². The van der Waals surface area contributed by atoms with Crippen LogP contribution >= 0.6 is 0 Å². The van der Waals surface area contributed by atoms with Crippen LogP contribution in [-0.2, 0) is 11.1 Å². The van der Waals surface area contributed by atoms with Crippen molar-refractivity contribution >= 4 is 74.7 Å². The Kier molecular flexibility index (Phi) is 12.3. The number of rotatable bonds is 12. The molecule has 0 bridgehead atoms. The summed E-state index contributed by atoms with van der Waals surface area (Å²) in [6, 6.07) is 38.9. The highest BCUT2D eigenvalue weighted by molar-refractivity contribution is 6.14. The molecular formula is C49H45N11O7. The third-order valence-electron chi connectivity index (χ3n) is 10.7. The maximum Gasteiger partial charge on any atom is 0.287 e. The minimum absolute atomic E-state index is 0.0711. The van der Waals surface area contributed by atoms with Crippen molar-refractivity contribution in [3.63, 3.8) is 0 Å². The second kappa shape index (κ2) is 18.5. The minimum Gasteiger partial charge on any atom is -0.445 e. The molecule has 5 amide bonds. The second-order valence-electron chi connectivity index (χ2n) is 16.3. The molecule has 0 saturated heterocycles. The van der Waals surface area contributed by atoms with Crippen LogP contribution in [0.1, 0.15) is 91.1 Å². The van der Waals surface area contributed by atoms with Crippen molar-refractivity contribution in [3.05, 3.63) is 179 Å². The van der Waals surface area contributed by atoms with Gasteiger partial charge in [-0.15, -0.1) is 0 Å². The van der Waals surface area contributed by atoms with Crippen LogP contribution in [0, 0.1) is 0 Å². The van der Waals surface area contributed by atoms with E-state index in [0.29, 0.717) is 33.7 Å². The number of anilines is 4. The topological polar surface area (TPSA) is 271 Å². The van der Waals surface area contributed by atoms with Crippen molar-refractivity contribution in [2.75, 3.05) is 21.7 Å². The monoisotopic (exact) mass is 899 g/mol. The van der Waals surface area contributed by atoms with E-state index in [1.165, 1.54) is 6.07 Å². The number of H-pyrrole nitrogens is 3. The molecule has 18 heteroatoms. The third kappa shape index (κ3) is 9.82.